The minimum Gasteiger partial charge on any atom is -0.379 e. The van der Waals surface area contributed by atoms with Crippen molar-refractivity contribution < 1.29 is 9.53 Å². The van der Waals surface area contributed by atoms with Crippen LogP contribution in [0.15, 0.2) is 0 Å². The second-order valence-electron chi connectivity index (χ2n) is 7.47. The van der Waals surface area contributed by atoms with E-state index in [1.54, 1.807) is 7.11 Å². The molecule has 0 aromatic rings. The summed E-state index contributed by atoms with van der Waals surface area (Å²) in [4.78, 5) is 12.9. The first-order valence-electron chi connectivity index (χ1n) is 9.54. The van der Waals surface area contributed by atoms with Crippen LogP contribution in [-0.2, 0) is 9.53 Å². The highest BCUT2D eigenvalue weighted by atomic mass is 16.5. The van der Waals surface area contributed by atoms with Gasteiger partial charge in [-0.25, -0.2) is 10.4 Å². The number of nitriles is 1. The molecule has 3 fully saturated rings. The Bertz CT molecular complexity index is 540. The van der Waals surface area contributed by atoms with Crippen LogP contribution >= 0.6 is 0 Å². The van der Waals surface area contributed by atoms with Gasteiger partial charge in [-0.3, -0.25) is 10.1 Å². The summed E-state index contributed by atoms with van der Waals surface area (Å²) in [5.74, 6) is -0.225. The van der Waals surface area contributed by atoms with Gasteiger partial charge in [0.2, 0.25) is 5.91 Å². The van der Waals surface area contributed by atoms with E-state index in [1.165, 1.54) is 0 Å². The number of rotatable bonds is 5. The van der Waals surface area contributed by atoms with Crippen LogP contribution in [-0.4, -0.2) is 68.7 Å². The monoisotopic (exact) mass is 365 g/mol. The predicted molar refractivity (Wildman–Crippen MR) is 96.2 cm³/mol. The minimum atomic E-state index is -0.453. The van der Waals surface area contributed by atoms with E-state index in [9.17, 15) is 10.1 Å². The number of hydrazine groups is 1. The number of piperidine rings is 1. The minimum absolute atomic E-state index is 0.00475. The van der Waals surface area contributed by atoms with Crippen LogP contribution in [0.4, 0.5) is 0 Å². The van der Waals surface area contributed by atoms with E-state index in [0.717, 1.165) is 25.9 Å². The average molecular weight is 365 g/mol. The molecule has 3 aliphatic rings. The number of methoxy groups -OCH3 is 1. The number of ether oxygens (including phenoxy) is 1. The molecule has 146 valence electrons. The molecule has 0 radical (unpaired) electrons. The Hall–Kier alpha value is -1.28. The molecule has 1 amide bonds. The maximum Gasteiger partial charge on any atom is 0.229 e. The van der Waals surface area contributed by atoms with Crippen LogP contribution in [0.1, 0.15) is 19.8 Å². The molecule has 3 aliphatic heterocycles. The first-order valence-corrected chi connectivity index (χ1v) is 9.54. The summed E-state index contributed by atoms with van der Waals surface area (Å²) in [5.41, 5.74) is 9.45. The number of nitrogens with zero attached hydrogens (tertiary/aromatic N) is 2. The van der Waals surface area contributed by atoms with Gasteiger partial charge in [0.05, 0.1) is 42.4 Å². The second-order valence-corrected chi connectivity index (χ2v) is 7.47. The van der Waals surface area contributed by atoms with Gasteiger partial charge in [-0.1, -0.05) is 6.92 Å². The number of hydrogen-bond acceptors (Lipinski definition) is 8. The topological polar surface area (TPSA) is 127 Å². The van der Waals surface area contributed by atoms with Gasteiger partial charge in [0.1, 0.15) is 0 Å². The molecule has 9 nitrogen and oxygen atoms in total. The van der Waals surface area contributed by atoms with Crippen molar-refractivity contribution >= 4 is 5.91 Å². The molecule has 3 heterocycles. The molecule has 0 aromatic carbocycles. The zero-order chi connectivity index (χ0) is 18.7. The third kappa shape index (κ3) is 3.86. The number of carbonyl (C=O) groups is 1. The van der Waals surface area contributed by atoms with Crippen molar-refractivity contribution in [2.24, 2.45) is 23.5 Å². The highest BCUT2D eigenvalue weighted by Crippen LogP contribution is 2.27. The summed E-state index contributed by atoms with van der Waals surface area (Å²) < 4.78 is 5.51. The fourth-order valence-corrected chi connectivity index (χ4v) is 4.38. The fraction of sp³-hybridized carbons (Fsp3) is 0.882. The third-order valence-electron chi connectivity index (χ3n) is 5.92. The maximum atomic E-state index is 12.9. The van der Waals surface area contributed by atoms with Gasteiger partial charge in [-0.05, 0) is 19.4 Å². The smallest absolute Gasteiger partial charge is 0.229 e. The molecule has 26 heavy (non-hydrogen) atoms. The molecule has 0 bridgehead atoms. The van der Waals surface area contributed by atoms with Crippen LogP contribution in [0.2, 0.25) is 0 Å². The average Bonchev–Trinajstić information content (AvgIpc) is 2.98. The molecule has 9 heteroatoms. The van der Waals surface area contributed by atoms with Crippen molar-refractivity contribution in [1.29, 1.82) is 5.26 Å². The Labute approximate surface area is 154 Å². The maximum absolute atomic E-state index is 12.9. The van der Waals surface area contributed by atoms with Crippen molar-refractivity contribution in [3.05, 3.63) is 0 Å². The predicted octanol–water partition coefficient (Wildman–Crippen LogP) is -1.70. The van der Waals surface area contributed by atoms with Crippen molar-refractivity contribution in [1.82, 2.24) is 26.4 Å². The lowest BCUT2D eigenvalue weighted by molar-refractivity contribution is -0.128. The van der Waals surface area contributed by atoms with Crippen molar-refractivity contribution in [3.8, 4) is 6.07 Å². The molecule has 0 spiro atoms. The Balaban J connectivity index is 1.62. The van der Waals surface area contributed by atoms with Gasteiger partial charge in [-0.15, -0.1) is 0 Å². The molecule has 7 unspecified atom stereocenters. The molecule has 0 saturated carbocycles. The van der Waals surface area contributed by atoms with E-state index in [4.69, 9.17) is 10.5 Å². The highest BCUT2D eigenvalue weighted by molar-refractivity contribution is 5.80. The molecular weight excluding hydrogens is 334 g/mol. The van der Waals surface area contributed by atoms with Crippen LogP contribution in [0, 0.1) is 29.1 Å². The highest BCUT2D eigenvalue weighted by Gasteiger charge is 2.48. The number of nitrogens with two attached hydrogens (primary N) is 1. The van der Waals surface area contributed by atoms with Gasteiger partial charge in [-0.2, -0.15) is 5.26 Å². The quantitative estimate of drug-likeness (QED) is 0.390. The summed E-state index contributed by atoms with van der Waals surface area (Å²) >= 11 is 0. The molecule has 3 rings (SSSR count). The second kappa shape index (κ2) is 8.61. The van der Waals surface area contributed by atoms with Crippen LogP contribution in [0.25, 0.3) is 0 Å². The Kier molecular flexibility index (Phi) is 6.45. The normalized spacial score (nSPS) is 39.0. The summed E-state index contributed by atoms with van der Waals surface area (Å²) in [6.07, 6.45) is 1.11. The first-order chi connectivity index (χ1) is 12.6. The number of amides is 1. The van der Waals surface area contributed by atoms with E-state index in [1.807, 2.05) is 11.9 Å². The van der Waals surface area contributed by atoms with Gasteiger partial charge in [0.25, 0.3) is 0 Å². The summed E-state index contributed by atoms with van der Waals surface area (Å²) in [6, 6.07) is 2.33. The van der Waals surface area contributed by atoms with Gasteiger partial charge >= 0.3 is 0 Å². The van der Waals surface area contributed by atoms with Gasteiger partial charge < -0.3 is 21.1 Å². The van der Waals surface area contributed by atoms with E-state index in [2.05, 4.69) is 27.4 Å². The van der Waals surface area contributed by atoms with Gasteiger partial charge in [0.15, 0.2) is 0 Å². The number of fused-ring (bicyclic) bond motifs is 1. The van der Waals surface area contributed by atoms with E-state index < -0.39 is 12.1 Å². The lowest BCUT2D eigenvalue weighted by Crippen LogP contribution is -2.61. The number of hydrogen-bond donors (Lipinski definition) is 5. The lowest BCUT2D eigenvalue weighted by Gasteiger charge is -2.38. The standard InChI is InChI=1S/C17H31N7O2/c1-3-10(6-18)11-7-21-16-14(15(19)23-24(16)9-11)17(25)22-12-8-20-5-4-13(12)26-2/h10-16,20-21,23H,3-5,7-9,19H2,1-2H3,(H,22,25). The van der Waals surface area contributed by atoms with E-state index in [0.29, 0.717) is 13.1 Å². The fourth-order valence-electron chi connectivity index (χ4n) is 4.38. The lowest BCUT2D eigenvalue weighted by atomic mass is 9.88. The zero-order valence-electron chi connectivity index (χ0n) is 15.6. The van der Waals surface area contributed by atoms with Crippen LogP contribution < -0.4 is 27.1 Å². The third-order valence-corrected chi connectivity index (χ3v) is 5.92. The molecule has 0 aliphatic carbocycles. The Morgan fingerprint density at radius 3 is 3.00 bits per heavy atom. The SMILES string of the molecule is CCC(C#N)C1CNC2C(C(=O)NC3CNCCC3OC)C(N)NN2C1. The molecule has 6 N–H and O–H groups in total. The van der Waals surface area contributed by atoms with Gasteiger partial charge in [0, 0.05) is 32.7 Å². The first kappa shape index (κ1) is 19.5. The molecule has 0 aromatic heterocycles. The number of nitrogens with one attached hydrogen (secondary N) is 4. The van der Waals surface area contributed by atoms with Crippen LogP contribution in [0.5, 0.6) is 0 Å². The number of carbonyl (C=O) groups excluding carboxylic acids is 1. The van der Waals surface area contributed by atoms with Crippen molar-refractivity contribution in [2.75, 3.05) is 33.3 Å². The summed E-state index contributed by atoms with van der Waals surface area (Å²) in [6.45, 7) is 5.06. The molecule has 7 atom stereocenters. The van der Waals surface area contributed by atoms with Crippen LogP contribution in [0.3, 0.4) is 0 Å². The van der Waals surface area contributed by atoms with Crippen molar-refractivity contribution in [2.45, 2.75) is 44.2 Å². The van der Waals surface area contributed by atoms with Crippen molar-refractivity contribution in [3.63, 3.8) is 0 Å². The van der Waals surface area contributed by atoms with E-state index in [-0.39, 0.29) is 36.1 Å². The Morgan fingerprint density at radius 1 is 1.50 bits per heavy atom. The molecule has 3 saturated heterocycles. The summed E-state index contributed by atoms with van der Waals surface area (Å²) in [7, 11) is 1.68. The molecular formula is C17H31N7O2. The largest absolute Gasteiger partial charge is 0.379 e. The zero-order valence-corrected chi connectivity index (χ0v) is 15.6. The Morgan fingerprint density at radius 2 is 2.31 bits per heavy atom. The summed E-state index contributed by atoms with van der Waals surface area (Å²) in [5, 5.41) is 21.2. The van der Waals surface area contributed by atoms with E-state index >= 15 is 0 Å².